The van der Waals surface area contributed by atoms with Crippen LogP contribution >= 0.6 is 0 Å². The molecule has 1 N–H and O–H groups in total. The van der Waals surface area contributed by atoms with Crippen molar-refractivity contribution in [1.82, 2.24) is 14.9 Å². The Balaban J connectivity index is 1.45. The minimum atomic E-state index is 0.122. The van der Waals surface area contributed by atoms with Gasteiger partial charge in [0.15, 0.2) is 0 Å². The molecule has 0 atom stereocenters. The molecule has 8 nitrogen and oxygen atoms in total. The molecule has 144 valence electrons. The molecule has 0 unspecified atom stereocenters. The lowest BCUT2D eigenvalue weighted by atomic mass is 10.3. The van der Waals surface area contributed by atoms with Crippen LogP contribution in [-0.4, -0.2) is 67.2 Å². The predicted molar refractivity (Wildman–Crippen MR) is 103 cm³/mol. The van der Waals surface area contributed by atoms with Gasteiger partial charge in [0.05, 0.1) is 13.7 Å². The second-order valence-corrected chi connectivity index (χ2v) is 6.18. The highest BCUT2D eigenvalue weighted by atomic mass is 16.5. The van der Waals surface area contributed by atoms with Crippen LogP contribution in [0.1, 0.15) is 6.92 Å². The van der Waals surface area contributed by atoms with E-state index in [9.17, 15) is 4.79 Å². The Bertz CT molecular complexity index is 745. The Morgan fingerprint density at radius 3 is 2.48 bits per heavy atom. The van der Waals surface area contributed by atoms with Gasteiger partial charge in [0.2, 0.25) is 11.9 Å². The van der Waals surface area contributed by atoms with E-state index in [1.165, 1.54) is 0 Å². The highest BCUT2D eigenvalue weighted by Crippen LogP contribution is 2.17. The minimum Gasteiger partial charge on any atom is -0.497 e. The zero-order valence-electron chi connectivity index (χ0n) is 15.7. The number of hydrogen-bond donors (Lipinski definition) is 1. The largest absolute Gasteiger partial charge is 0.497 e. The first-order chi connectivity index (χ1) is 13.2. The summed E-state index contributed by atoms with van der Waals surface area (Å²) >= 11 is 0. The molecule has 1 aromatic heterocycles. The van der Waals surface area contributed by atoms with E-state index < -0.39 is 0 Å². The quantitative estimate of drug-likeness (QED) is 0.741. The van der Waals surface area contributed by atoms with Crippen molar-refractivity contribution in [2.45, 2.75) is 6.92 Å². The minimum absolute atomic E-state index is 0.122. The average molecular weight is 371 g/mol. The lowest BCUT2D eigenvalue weighted by Crippen LogP contribution is -2.48. The van der Waals surface area contributed by atoms with Crippen molar-refractivity contribution in [1.29, 1.82) is 0 Å². The number of piperazine rings is 1. The molecule has 2 heterocycles. The maximum absolute atomic E-state index is 11.4. The van der Waals surface area contributed by atoms with E-state index >= 15 is 0 Å². The van der Waals surface area contributed by atoms with Crippen LogP contribution in [0, 0.1) is 0 Å². The van der Waals surface area contributed by atoms with E-state index in [2.05, 4.69) is 20.2 Å². The summed E-state index contributed by atoms with van der Waals surface area (Å²) in [6.07, 6.45) is 1.74. The number of aromatic nitrogens is 2. The monoisotopic (exact) mass is 371 g/mol. The van der Waals surface area contributed by atoms with Crippen LogP contribution in [-0.2, 0) is 4.79 Å². The van der Waals surface area contributed by atoms with Gasteiger partial charge in [0.1, 0.15) is 23.9 Å². The molecule has 1 fully saturated rings. The molecule has 1 aliphatic rings. The van der Waals surface area contributed by atoms with Gasteiger partial charge in [0, 0.05) is 39.3 Å². The van der Waals surface area contributed by atoms with Crippen molar-refractivity contribution in [3.63, 3.8) is 0 Å². The fourth-order valence-electron chi connectivity index (χ4n) is 2.86. The highest BCUT2D eigenvalue weighted by Gasteiger charge is 2.19. The fraction of sp³-hybridized carbons (Fsp3) is 0.421. The first-order valence-electron chi connectivity index (χ1n) is 9.00. The second kappa shape index (κ2) is 9.07. The normalized spacial score (nSPS) is 14.0. The zero-order chi connectivity index (χ0) is 19.1. The van der Waals surface area contributed by atoms with Crippen LogP contribution in [0.15, 0.2) is 36.5 Å². The Morgan fingerprint density at radius 1 is 1.11 bits per heavy atom. The standard InChI is InChI=1S/C19H25N5O3/c1-15(25)23-10-12-24(13-11-23)18-7-8-20-19(22-18)21-9-14-27-17-5-3-16(26-2)4-6-17/h3-8H,9-14H2,1-2H3,(H,20,21,22). The number of amides is 1. The molecule has 0 bridgehead atoms. The molecule has 1 saturated heterocycles. The summed E-state index contributed by atoms with van der Waals surface area (Å²) in [5.41, 5.74) is 0. The number of anilines is 2. The topological polar surface area (TPSA) is 79.8 Å². The molecule has 8 heteroatoms. The number of nitrogens with one attached hydrogen (secondary N) is 1. The number of ether oxygens (including phenoxy) is 2. The van der Waals surface area contributed by atoms with Gasteiger partial charge in [-0.3, -0.25) is 4.79 Å². The molecule has 0 aliphatic carbocycles. The van der Waals surface area contributed by atoms with Crippen LogP contribution in [0.25, 0.3) is 0 Å². The molecule has 1 amide bonds. The molecule has 1 aliphatic heterocycles. The summed E-state index contributed by atoms with van der Waals surface area (Å²) < 4.78 is 10.8. The van der Waals surface area contributed by atoms with Gasteiger partial charge in [0.25, 0.3) is 0 Å². The molecular weight excluding hydrogens is 346 g/mol. The summed E-state index contributed by atoms with van der Waals surface area (Å²) in [7, 11) is 1.64. The van der Waals surface area contributed by atoms with E-state index in [0.717, 1.165) is 43.5 Å². The third kappa shape index (κ3) is 5.22. The molecule has 2 aromatic rings. The van der Waals surface area contributed by atoms with Crippen LogP contribution in [0.3, 0.4) is 0 Å². The average Bonchev–Trinajstić information content (AvgIpc) is 2.72. The Kier molecular flexibility index (Phi) is 6.30. The van der Waals surface area contributed by atoms with Gasteiger partial charge >= 0.3 is 0 Å². The summed E-state index contributed by atoms with van der Waals surface area (Å²) in [6.45, 7) is 5.68. The van der Waals surface area contributed by atoms with Gasteiger partial charge in [-0.2, -0.15) is 4.98 Å². The molecule has 0 radical (unpaired) electrons. The maximum Gasteiger partial charge on any atom is 0.224 e. The predicted octanol–water partition coefficient (Wildman–Crippen LogP) is 1.64. The highest BCUT2D eigenvalue weighted by molar-refractivity contribution is 5.73. The number of rotatable bonds is 7. The molecular formula is C19H25N5O3. The molecule has 0 spiro atoms. The number of hydrogen-bond acceptors (Lipinski definition) is 7. The van der Waals surface area contributed by atoms with Crippen LogP contribution in [0.2, 0.25) is 0 Å². The summed E-state index contributed by atoms with van der Waals surface area (Å²) in [5, 5.41) is 3.18. The van der Waals surface area contributed by atoms with Crippen molar-refractivity contribution in [2.24, 2.45) is 0 Å². The van der Waals surface area contributed by atoms with Gasteiger partial charge in [-0.1, -0.05) is 0 Å². The van der Waals surface area contributed by atoms with E-state index in [-0.39, 0.29) is 5.91 Å². The molecule has 27 heavy (non-hydrogen) atoms. The van der Waals surface area contributed by atoms with Crippen LogP contribution in [0.4, 0.5) is 11.8 Å². The first kappa shape index (κ1) is 18.8. The second-order valence-electron chi connectivity index (χ2n) is 6.18. The number of carbonyl (C=O) groups excluding carboxylic acids is 1. The van der Waals surface area contributed by atoms with Crippen molar-refractivity contribution < 1.29 is 14.3 Å². The van der Waals surface area contributed by atoms with Gasteiger partial charge in [-0.25, -0.2) is 4.98 Å². The summed E-state index contributed by atoms with van der Waals surface area (Å²) in [5.74, 6) is 3.15. The van der Waals surface area contributed by atoms with E-state index in [4.69, 9.17) is 9.47 Å². The fourth-order valence-corrected chi connectivity index (χ4v) is 2.86. The van der Waals surface area contributed by atoms with Crippen molar-refractivity contribution >= 4 is 17.7 Å². The molecule has 3 rings (SSSR count). The van der Waals surface area contributed by atoms with Crippen molar-refractivity contribution in [3.8, 4) is 11.5 Å². The van der Waals surface area contributed by atoms with Crippen LogP contribution in [0.5, 0.6) is 11.5 Å². The number of nitrogens with zero attached hydrogens (tertiary/aromatic N) is 4. The third-order valence-corrected chi connectivity index (χ3v) is 4.40. The Hall–Kier alpha value is -3.03. The maximum atomic E-state index is 11.4. The SMILES string of the molecule is COc1ccc(OCCNc2nccc(N3CCN(C(C)=O)CC3)n2)cc1. The Labute approximate surface area is 159 Å². The smallest absolute Gasteiger partial charge is 0.224 e. The molecule has 1 aromatic carbocycles. The number of methoxy groups -OCH3 is 1. The van der Waals surface area contributed by atoms with Gasteiger partial charge < -0.3 is 24.6 Å². The summed E-state index contributed by atoms with van der Waals surface area (Å²) in [6, 6.07) is 9.36. The molecule has 0 saturated carbocycles. The van der Waals surface area contributed by atoms with E-state index in [0.29, 0.717) is 19.1 Å². The first-order valence-corrected chi connectivity index (χ1v) is 9.00. The zero-order valence-corrected chi connectivity index (χ0v) is 15.7. The number of carbonyl (C=O) groups is 1. The van der Waals surface area contributed by atoms with E-state index in [1.807, 2.05) is 35.2 Å². The van der Waals surface area contributed by atoms with E-state index in [1.54, 1.807) is 20.2 Å². The van der Waals surface area contributed by atoms with Crippen molar-refractivity contribution in [3.05, 3.63) is 36.5 Å². The number of benzene rings is 1. The Morgan fingerprint density at radius 2 is 1.81 bits per heavy atom. The van der Waals surface area contributed by atoms with Crippen molar-refractivity contribution in [2.75, 3.05) is 56.7 Å². The van der Waals surface area contributed by atoms with Crippen LogP contribution < -0.4 is 19.7 Å². The van der Waals surface area contributed by atoms with Gasteiger partial charge in [-0.05, 0) is 30.3 Å². The lowest BCUT2D eigenvalue weighted by molar-refractivity contribution is -0.129. The summed E-state index contributed by atoms with van der Waals surface area (Å²) in [4.78, 5) is 24.3. The van der Waals surface area contributed by atoms with Gasteiger partial charge in [-0.15, -0.1) is 0 Å². The third-order valence-electron chi connectivity index (χ3n) is 4.40. The lowest BCUT2D eigenvalue weighted by Gasteiger charge is -2.34.